The van der Waals surface area contributed by atoms with Gasteiger partial charge < -0.3 is 14.4 Å². The van der Waals surface area contributed by atoms with Gasteiger partial charge in [0, 0.05) is 6.04 Å². The van der Waals surface area contributed by atoms with Crippen molar-refractivity contribution in [1.29, 1.82) is 0 Å². The van der Waals surface area contributed by atoms with Gasteiger partial charge in [0.05, 0.1) is 20.1 Å². The number of hydrogen-bond donors (Lipinski definition) is 0. The van der Waals surface area contributed by atoms with Crippen molar-refractivity contribution in [3.63, 3.8) is 0 Å². The third-order valence-corrected chi connectivity index (χ3v) is 3.60. The van der Waals surface area contributed by atoms with Gasteiger partial charge in [0.2, 0.25) is 5.91 Å². The number of benzene rings is 1. The van der Waals surface area contributed by atoms with E-state index >= 15 is 0 Å². The first-order valence-electron chi connectivity index (χ1n) is 7.42. The van der Waals surface area contributed by atoms with Gasteiger partial charge in [-0.1, -0.05) is 12.1 Å². The van der Waals surface area contributed by atoms with Gasteiger partial charge >= 0.3 is 5.97 Å². The van der Waals surface area contributed by atoms with Crippen molar-refractivity contribution in [3.05, 3.63) is 29.3 Å². The Morgan fingerprint density at radius 3 is 2.50 bits per heavy atom. The molecule has 0 atom stereocenters. The smallest absolute Gasteiger partial charge is 0.325 e. The highest BCUT2D eigenvalue weighted by Gasteiger charge is 2.20. The van der Waals surface area contributed by atoms with Crippen LogP contribution in [0.3, 0.4) is 0 Å². The first-order valence-corrected chi connectivity index (χ1v) is 7.42. The second-order valence-corrected chi connectivity index (χ2v) is 5.49. The highest BCUT2D eigenvalue weighted by atomic mass is 16.5. The number of carbonyl (C=O) groups excluding carboxylic acids is 2. The summed E-state index contributed by atoms with van der Waals surface area (Å²) in [7, 11) is 1.31. The minimum Gasteiger partial charge on any atom is -0.493 e. The van der Waals surface area contributed by atoms with Crippen LogP contribution >= 0.6 is 0 Å². The number of amides is 1. The molecule has 1 rings (SSSR count). The lowest BCUT2D eigenvalue weighted by atomic mass is 10.1. The van der Waals surface area contributed by atoms with Crippen molar-refractivity contribution in [2.45, 2.75) is 40.2 Å². The largest absolute Gasteiger partial charge is 0.493 e. The number of hydrogen-bond acceptors (Lipinski definition) is 4. The average Bonchev–Trinajstić information content (AvgIpc) is 2.48. The molecule has 5 nitrogen and oxygen atoms in total. The first kappa shape index (κ1) is 18.0. The summed E-state index contributed by atoms with van der Waals surface area (Å²) in [5.41, 5.74) is 2.23. The summed E-state index contributed by atoms with van der Waals surface area (Å²) < 4.78 is 10.3. The zero-order chi connectivity index (χ0) is 16.7. The standard InChI is InChI=1S/C17H25NO4/c1-12(2)18(11-17(20)21-5)16(19)9-10-22-15-8-6-7-13(3)14(15)4/h6-8,12H,9-11H2,1-5H3. The molecule has 0 fully saturated rings. The van der Waals surface area contributed by atoms with Crippen LogP contribution in [0.2, 0.25) is 0 Å². The molecular formula is C17H25NO4. The number of methoxy groups -OCH3 is 1. The predicted octanol–water partition coefficient (Wildman–Crippen LogP) is 2.48. The lowest BCUT2D eigenvalue weighted by Gasteiger charge is -2.25. The maximum absolute atomic E-state index is 12.2. The zero-order valence-corrected chi connectivity index (χ0v) is 14.0. The van der Waals surface area contributed by atoms with E-state index in [1.807, 2.05) is 45.9 Å². The highest BCUT2D eigenvalue weighted by Crippen LogP contribution is 2.20. The summed E-state index contributed by atoms with van der Waals surface area (Å²) in [6.07, 6.45) is 0.225. The fourth-order valence-corrected chi connectivity index (χ4v) is 2.03. The molecule has 0 heterocycles. The number of esters is 1. The quantitative estimate of drug-likeness (QED) is 0.726. The van der Waals surface area contributed by atoms with E-state index in [-0.39, 0.29) is 31.5 Å². The van der Waals surface area contributed by atoms with Gasteiger partial charge in [-0.2, -0.15) is 0 Å². The van der Waals surface area contributed by atoms with E-state index in [1.54, 1.807) is 0 Å². The van der Waals surface area contributed by atoms with E-state index < -0.39 is 5.97 Å². The molecule has 0 radical (unpaired) electrons. The van der Waals surface area contributed by atoms with Crippen LogP contribution in [0.4, 0.5) is 0 Å². The fraction of sp³-hybridized carbons (Fsp3) is 0.529. The maximum Gasteiger partial charge on any atom is 0.325 e. The molecule has 0 aliphatic rings. The van der Waals surface area contributed by atoms with Gasteiger partial charge in [-0.05, 0) is 44.9 Å². The van der Waals surface area contributed by atoms with Crippen LogP contribution in [0.25, 0.3) is 0 Å². The third kappa shape index (κ3) is 5.06. The molecule has 0 N–H and O–H groups in total. The summed E-state index contributed by atoms with van der Waals surface area (Å²) >= 11 is 0. The normalized spacial score (nSPS) is 10.5. The molecule has 22 heavy (non-hydrogen) atoms. The van der Waals surface area contributed by atoms with Crippen molar-refractivity contribution < 1.29 is 19.1 Å². The summed E-state index contributed by atoms with van der Waals surface area (Å²) in [6.45, 7) is 8.00. The van der Waals surface area contributed by atoms with Crippen LogP contribution in [0, 0.1) is 13.8 Å². The third-order valence-electron chi connectivity index (χ3n) is 3.60. The second kappa shape index (κ2) is 8.41. The Hall–Kier alpha value is -2.04. The van der Waals surface area contributed by atoms with Gasteiger partial charge in [-0.15, -0.1) is 0 Å². The van der Waals surface area contributed by atoms with Gasteiger partial charge in [-0.3, -0.25) is 9.59 Å². The molecule has 122 valence electrons. The van der Waals surface area contributed by atoms with Crippen LogP contribution in [-0.2, 0) is 14.3 Å². The zero-order valence-electron chi connectivity index (χ0n) is 14.0. The van der Waals surface area contributed by atoms with Crippen LogP contribution in [-0.4, -0.2) is 43.1 Å². The molecule has 1 amide bonds. The Bertz CT molecular complexity index is 525. The molecular weight excluding hydrogens is 282 g/mol. The molecule has 0 aromatic heterocycles. The number of rotatable bonds is 7. The second-order valence-electron chi connectivity index (χ2n) is 5.49. The molecule has 0 spiro atoms. The van der Waals surface area contributed by atoms with Crippen LogP contribution in [0.15, 0.2) is 18.2 Å². The van der Waals surface area contributed by atoms with Crippen molar-refractivity contribution in [1.82, 2.24) is 4.90 Å². The molecule has 0 saturated carbocycles. The number of carbonyl (C=O) groups is 2. The summed E-state index contributed by atoms with van der Waals surface area (Å²) in [5, 5.41) is 0. The molecule has 0 bridgehead atoms. The minimum absolute atomic E-state index is 0.0313. The number of aryl methyl sites for hydroxylation is 1. The van der Waals surface area contributed by atoms with Crippen molar-refractivity contribution in [2.75, 3.05) is 20.3 Å². The Balaban J connectivity index is 2.56. The molecule has 0 aliphatic carbocycles. The molecule has 0 aliphatic heterocycles. The van der Waals surface area contributed by atoms with E-state index in [1.165, 1.54) is 12.0 Å². The number of ether oxygens (including phenoxy) is 2. The van der Waals surface area contributed by atoms with Crippen LogP contribution in [0.1, 0.15) is 31.4 Å². The van der Waals surface area contributed by atoms with E-state index in [9.17, 15) is 9.59 Å². The Morgan fingerprint density at radius 2 is 1.91 bits per heavy atom. The van der Waals surface area contributed by atoms with E-state index in [0.717, 1.165) is 16.9 Å². The Morgan fingerprint density at radius 1 is 1.23 bits per heavy atom. The van der Waals surface area contributed by atoms with Gasteiger partial charge in [0.1, 0.15) is 12.3 Å². The van der Waals surface area contributed by atoms with Crippen LogP contribution < -0.4 is 4.74 Å². The maximum atomic E-state index is 12.2. The topological polar surface area (TPSA) is 55.8 Å². The molecule has 0 unspecified atom stereocenters. The predicted molar refractivity (Wildman–Crippen MR) is 84.9 cm³/mol. The molecule has 5 heteroatoms. The van der Waals surface area contributed by atoms with Gasteiger partial charge in [0.25, 0.3) is 0 Å². The van der Waals surface area contributed by atoms with Gasteiger partial charge in [-0.25, -0.2) is 0 Å². The lowest BCUT2D eigenvalue weighted by Crippen LogP contribution is -2.41. The summed E-state index contributed by atoms with van der Waals surface area (Å²) in [5.74, 6) is 0.250. The summed E-state index contributed by atoms with van der Waals surface area (Å²) in [6, 6.07) is 5.77. The lowest BCUT2D eigenvalue weighted by molar-refractivity contribution is -0.148. The van der Waals surface area contributed by atoms with Crippen molar-refractivity contribution in [2.24, 2.45) is 0 Å². The Kier molecular flexibility index (Phi) is 6.89. The van der Waals surface area contributed by atoms with Crippen LogP contribution in [0.5, 0.6) is 5.75 Å². The van der Waals surface area contributed by atoms with Gasteiger partial charge in [0.15, 0.2) is 0 Å². The molecule has 0 saturated heterocycles. The van der Waals surface area contributed by atoms with E-state index in [4.69, 9.17) is 4.74 Å². The SMILES string of the molecule is COC(=O)CN(C(=O)CCOc1cccc(C)c1C)C(C)C. The van der Waals surface area contributed by atoms with Crippen molar-refractivity contribution in [3.8, 4) is 5.75 Å². The number of nitrogens with zero attached hydrogens (tertiary/aromatic N) is 1. The first-order chi connectivity index (χ1) is 10.4. The minimum atomic E-state index is -0.419. The van der Waals surface area contributed by atoms with Crippen molar-refractivity contribution >= 4 is 11.9 Å². The monoisotopic (exact) mass is 307 g/mol. The van der Waals surface area contributed by atoms with E-state index in [2.05, 4.69) is 4.74 Å². The summed E-state index contributed by atoms with van der Waals surface area (Å²) in [4.78, 5) is 25.1. The highest BCUT2D eigenvalue weighted by molar-refractivity contribution is 5.82. The average molecular weight is 307 g/mol. The fourth-order valence-electron chi connectivity index (χ4n) is 2.03. The Labute approximate surface area is 132 Å². The molecule has 1 aromatic rings. The van der Waals surface area contributed by atoms with E-state index in [0.29, 0.717) is 0 Å². The molecule has 1 aromatic carbocycles.